The van der Waals surface area contributed by atoms with Gasteiger partial charge in [-0.3, -0.25) is 0 Å². The highest BCUT2D eigenvalue weighted by Gasteiger charge is 2.36. The number of rotatable bonds is 3. The van der Waals surface area contributed by atoms with Crippen LogP contribution in [0.1, 0.15) is 73.1 Å². The highest BCUT2D eigenvalue weighted by Crippen LogP contribution is 2.42. The van der Waals surface area contributed by atoms with Gasteiger partial charge >= 0.3 is 0 Å². The number of nitrogens with one attached hydrogen (secondary N) is 1. The molecule has 2 aliphatic rings. The van der Waals surface area contributed by atoms with E-state index in [1.54, 1.807) is 0 Å². The van der Waals surface area contributed by atoms with Crippen molar-refractivity contribution in [1.82, 2.24) is 5.32 Å². The zero-order valence-corrected chi connectivity index (χ0v) is 13.8. The second-order valence-corrected chi connectivity index (χ2v) is 8.93. The lowest BCUT2D eigenvalue weighted by atomic mass is 9.67. The molecule has 2 fully saturated rings. The molecule has 0 amide bonds. The van der Waals surface area contributed by atoms with E-state index in [1.807, 2.05) is 0 Å². The van der Waals surface area contributed by atoms with E-state index in [9.17, 15) is 0 Å². The first kappa shape index (κ1) is 15.4. The van der Waals surface area contributed by atoms with Crippen LogP contribution in [-0.2, 0) is 0 Å². The van der Waals surface area contributed by atoms with Crippen LogP contribution in [0.4, 0.5) is 0 Å². The Kier molecular flexibility index (Phi) is 4.98. The van der Waals surface area contributed by atoms with Gasteiger partial charge in [-0.2, -0.15) is 0 Å². The zero-order valence-electron chi connectivity index (χ0n) is 13.8. The Morgan fingerprint density at radius 3 is 2.42 bits per heavy atom. The maximum absolute atomic E-state index is 3.83. The highest BCUT2D eigenvalue weighted by atomic mass is 14.9. The Morgan fingerprint density at radius 2 is 1.79 bits per heavy atom. The predicted octanol–water partition coefficient (Wildman–Crippen LogP) is 4.86. The predicted molar refractivity (Wildman–Crippen MR) is 84.3 cm³/mol. The molecule has 112 valence electrons. The molecule has 1 heteroatoms. The van der Waals surface area contributed by atoms with Gasteiger partial charge in [0.05, 0.1) is 0 Å². The molecular formula is C18H35N. The van der Waals surface area contributed by atoms with E-state index < -0.39 is 0 Å². The molecule has 1 N–H and O–H groups in total. The summed E-state index contributed by atoms with van der Waals surface area (Å²) in [5, 5.41) is 3.83. The minimum Gasteiger partial charge on any atom is -0.314 e. The highest BCUT2D eigenvalue weighted by molar-refractivity contribution is 4.90. The SMILES string of the molecule is CC(C)CC1CCC2CNC(CC(C)(C)C)CC2C1. The van der Waals surface area contributed by atoms with Gasteiger partial charge in [0.2, 0.25) is 0 Å². The molecule has 4 atom stereocenters. The van der Waals surface area contributed by atoms with Gasteiger partial charge in [0, 0.05) is 6.04 Å². The smallest absolute Gasteiger partial charge is 0.00749 e. The van der Waals surface area contributed by atoms with E-state index in [-0.39, 0.29) is 0 Å². The lowest BCUT2D eigenvalue weighted by molar-refractivity contribution is 0.0965. The van der Waals surface area contributed by atoms with E-state index >= 15 is 0 Å². The van der Waals surface area contributed by atoms with Gasteiger partial charge in [0.15, 0.2) is 0 Å². The quantitative estimate of drug-likeness (QED) is 0.768. The van der Waals surface area contributed by atoms with Crippen molar-refractivity contribution in [3.05, 3.63) is 0 Å². The first-order valence-corrected chi connectivity index (χ1v) is 8.57. The molecule has 4 unspecified atom stereocenters. The van der Waals surface area contributed by atoms with Crippen molar-refractivity contribution in [2.75, 3.05) is 6.54 Å². The first-order valence-electron chi connectivity index (χ1n) is 8.57. The Bertz CT molecular complexity index is 276. The van der Waals surface area contributed by atoms with E-state index in [1.165, 1.54) is 45.1 Å². The van der Waals surface area contributed by atoms with Crippen molar-refractivity contribution in [3.63, 3.8) is 0 Å². The number of hydrogen-bond acceptors (Lipinski definition) is 1. The van der Waals surface area contributed by atoms with Crippen LogP contribution >= 0.6 is 0 Å². The molecule has 1 nitrogen and oxygen atoms in total. The number of fused-ring (bicyclic) bond motifs is 1. The molecule has 1 heterocycles. The summed E-state index contributed by atoms with van der Waals surface area (Å²) in [6.07, 6.45) is 8.73. The van der Waals surface area contributed by atoms with E-state index in [4.69, 9.17) is 0 Å². The van der Waals surface area contributed by atoms with E-state index in [0.717, 1.165) is 29.7 Å². The minimum atomic E-state index is 0.469. The van der Waals surface area contributed by atoms with Gasteiger partial charge < -0.3 is 5.32 Å². The van der Waals surface area contributed by atoms with Crippen LogP contribution in [0.2, 0.25) is 0 Å². The van der Waals surface area contributed by atoms with Crippen LogP contribution in [0.25, 0.3) is 0 Å². The molecule has 19 heavy (non-hydrogen) atoms. The summed E-state index contributed by atoms with van der Waals surface area (Å²) in [6.45, 7) is 13.2. The van der Waals surface area contributed by atoms with Gasteiger partial charge in [0.25, 0.3) is 0 Å². The molecule has 2 rings (SSSR count). The number of hydrogen-bond donors (Lipinski definition) is 1. The Hall–Kier alpha value is -0.0400. The standard InChI is InChI=1S/C18H35N/c1-13(2)8-14-6-7-15-12-19-17(10-16(15)9-14)11-18(3,4)5/h13-17,19H,6-12H2,1-5H3. The largest absolute Gasteiger partial charge is 0.314 e. The summed E-state index contributed by atoms with van der Waals surface area (Å²) in [5.74, 6) is 3.91. The van der Waals surface area contributed by atoms with Gasteiger partial charge in [-0.05, 0) is 67.7 Å². The fourth-order valence-corrected chi connectivity index (χ4v) is 4.52. The van der Waals surface area contributed by atoms with Gasteiger partial charge in [-0.25, -0.2) is 0 Å². The van der Waals surface area contributed by atoms with Crippen LogP contribution in [0, 0.1) is 29.1 Å². The molecule has 0 aromatic rings. The van der Waals surface area contributed by atoms with Crippen molar-refractivity contribution in [1.29, 1.82) is 0 Å². The van der Waals surface area contributed by atoms with Gasteiger partial charge in [-0.1, -0.05) is 41.0 Å². The maximum Gasteiger partial charge on any atom is 0.00749 e. The Balaban J connectivity index is 1.86. The average molecular weight is 265 g/mol. The molecule has 0 spiro atoms. The topological polar surface area (TPSA) is 12.0 Å². The minimum absolute atomic E-state index is 0.469. The zero-order chi connectivity index (χ0) is 14.0. The van der Waals surface area contributed by atoms with Crippen molar-refractivity contribution >= 4 is 0 Å². The van der Waals surface area contributed by atoms with Crippen LogP contribution in [-0.4, -0.2) is 12.6 Å². The van der Waals surface area contributed by atoms with Crippen molar-refractivity contribution < 1.29 is 0 Å². The second kappa shape index (κ2) is 6.16. The number of piperidine rings is 1. The monoisotopic (exact) mass is 265 g/mol. The third kappa shape index (κ3) is 4.77. The van der Waals surface area contributed by atoms with Crippen molar-refractivity contribution in [2.24, 2.45) is 29.1 Å². The van der Waals surface area contributed by atoms with Crippen molar-refractivity contribution in [2.45, 2.75) is 79.2 Å². The van der Waals surface area contributed by atoms with Crippen LogP contribution in [0.15, 0.2) is 0 Å². The lowest BCUT2D eigenvalue weighted by Gasteiger charge is -2.44. The fourth-order valence-electron chi connectivity index (χ4n) is 4.52. The summed E-state index contributed by atoms with van der Waals surface area (Å²) in [5.41, 5.74) is 0.469. The molecule has 1 saturated carbocycles. The Morgan fingerprint density at radius 1 is 1.05 bits per heavy atom. The summed E-state index contributed by atoms with van der Waals surface area (Å²) in [6, 6.07) is 0.777. The summed E-state index contributed by atoms with van der Waals surface area (Å²) in [4.78, 5) is 0. The lowest BCUT2D eigenvalue weighted by Crippen LogP contribution is -2.47. The molecule has 1 aliphatic heterocycles. The molecular weight excluding hydrogens is 230 g/mol. The molecule has 0 bridgehead atoms. The molecule has 1 saturated heterocycles. The van der Waals surface area contributed by atoms with Gasteiger partial charge in [0.1, 0.15) is 0 Å². The normalized spacial score (nSPS) is 36.3. The second-order valence-electron chi connectivity index (χ2n) is 8.93. The molecule has 0 aromatic carbocycles. The summed E-state index contributed by atoms with van der Waals surface area (Å²) >= 11 is 0. The van der Waals surface area contributed by atoms with Crippen molar-refractivity contribution in [3.8, 4) is 0 Å². The average Bonchev–Trinajstić information content (AvgIpc) is 2.25. The summed E-state index contributed by atoms with van der Waals surface area (Å²) in [7, 11) is 0. The molecule has 1 aliphatic carbocycles. The third-order valence-electron chi connectivity index (χ3n) is 5.17. The van der Waals surface area contributed by atoms with Crippen LogP contribution in [0.3, 0.4) is 0 Å². The first-order chi connectivity index (χ1) is 8.83. The summed E-state index contributed by atoms with van der Waals surface area (Å²) < 4.78 is 0. The van der Waals surface area contributed by atoms with E-state index in [2.05, 4.69) is 39.9 Å². The van der Waals surface area contributed by atoms with Crippen LogP contribution in [0.5, 0.6) is 0 Å². The molecule has 0 radical (unpaired) electrons. The Labute approximate surface area is 120 Å². The molecule has 0 aromatic heterocycles. The maximum atomic E-state index is 3.83. The van der Waals surface area contributed by atoms with E-state index in [0.29, 0.717) is 5.41 Å². The third-order valence-corrected chi connectivity index (χ3v) is 5.17. The van der Waals surface area contributed by atoms with Crippen LogP contribution < -0.4 is 5.32 Å². The fraction of sp³-hybridized carbons (Fsp3) is 1.00. The van der Waals surface area contributed by atoms with Gasteiger partial charge in [-0.15, -0.1) is 0 Å².